The summed E-state index contributed by atoms with van der Waals surface area (Å²) in [6.45, 7) is 0. The number of halogens is 3. The maximum absolute atomic E-state index is 12.2. The predicted octanol–water partition coefficient (Wildman–Crippen LogP) is 0.855. The number of hydrogen-bond acceptors (Lipinski definition) is 5. The van der Waals surface area contributed by atoms with Crippen molar-refractivity contribution in [2.75, 3.05) is 0 Å². The molecule has 2 N–H and O–H groups in total. The Balaban J connectivity index is 0.000000240. The molecule has 0 unspecified atom stereocenters. The van der Waals surface area contributed by atoms with E-state index in [1.807, 2.05) is 0 Å². The molecule has 0 atom stereocenters. The molecule has 2 rings (SSSR count). The lowest BCUT2D eigenvalue weighted by Gasteiger charge is -2.01. The van der Waals surface area contributed by atoms with Gasteiger partial charge < -0.3 is 10.2 Å². The summed E-state index contributed by atoms with van der Waals surface area (Å²) in [6, 6.07) is 2.89. The van der Waals surface area contributed by atoms with Gasteiger partial charge in [-0.25, -0.2) is 9.59 Å². The maximum atomic E-state index is 12.2. The summed E-state index contributed by atoms with van der Waals surface area (Å²) in [5.41, 5.74) is 0.0785. The van der Waals surface area contributed by atoms with E-state index in [2.05, 4.69) is 15.3 Å². The van der Waals surface area contributed by atoms with Crippen LogP contribution in [0, 0.1) is 0 Å². The molecule has 2 aromatic rings. The highest BCUT2D eigenvalue weighted by molar-refractivity contribution is 5.89. The Morgan fingerprint density at radius 3 is 2.19 bits per heavy atom. The summed E-state index contributed by atoms with van der Waals surface area (Å²) >= 11 is 0. The normalized spacial score (nSPS) is 11.2. The zero-order valence-corrected chi connectivity index (χ0v) is 10.0. The van der Waals surface area contributed by atoms with E-state index in [4.69, 9.17) is 10.2 Å². The monoisotopic (exact) mass is 304 g/mol. The molecule has 8 nitrogen and oxygen atoms in total. The summed E-state index contributed by atoms with van der Waals surface area (Å²) in [6.07, 6.45) is -2.16. The third kappa shape index (κ3) is 4.89. The molecule has 0 saturated carbocycles. The number of carboxylic acids is 2. The van der Waals surface area contributed by atoms with Gasteiger partial charge in [0.1, 0.15) is 0 Å². The fourth-order valence-corrected chi connectivity index (χ4v) is 1.06. The van der Waals surface area contributed by atoms with Gasteiger partial charge in [-0.05, 0) is 12.1 Å². The van der Waals surface area contributed by atoms with E-state index < -0.39 is 23.9 Å². The van der Waals surface area contributed by atoms with Gasteiger partial charge >= 0.3 is 18.1 Å². The van der Waals surface area contributed by atoms with E-state index in [-0.39, 0.29) is 5.65 Å². The van der Waals surface area contributed by atoms with E-state index in [9.17, 15) is 22.8 Å². The van der Waals surface area contributed by atoms with Crippen molar-refractivity contribution in [3.05, 3.63) is 36.3 Å². The lowest BCUT2D eigenvalue weighted by atomic mass is 10.5. The molecule has 0 saturated heterocycles. The van der Waals surface area contributed by atoms with Crippen LogP contribution >= 0.6 is 0 Å². The van der Waals surface area contributed by atoms with E-state index in [1.165, 1.54) is 18.3 Å². The van der Waals surface area contributed by atoms with Crippen LogP contribution in [-0.2, 0) is 15.8 Å². The van der Waals surface area contributed by atoms with Gasteiger partial charge in [0.15, 0.2) is 5.65 Å². The molecule has 2 aromatic heterocycles. The first-order valence-electron chi connectivity index (χ1n) is 5.09. The van der Waals surface area contributed by atoms with Crippen molar-refractivity contribution < 1.29 is 33.0 Å². The van der Waals surface area contributed by atoms with Crippen molar-refractivity contribution in [2.45, 2.75) is 6.18 Å². The van der Waals surface area contributed by atoms with Crippen LogP contribution in [0.25, 0.3) is 5.65 Å². The van der Waals surface area contributed by atoms with E-state index in [0.717, 1.165) is 0 Å². The Morgan fingerprint density at radius 1 is 1.14 bits per heavy atom. The van der Waals surface area contributed by atoms with Crippen LogP contribution in [0.5, 0.6) is 0 Å². The van der Waals surface area contributed by atoms with Gasteiger partial charge in [0.05, 0.1) is 0 Å². The molecule has 0 bridgehead atoms. The fraction of sp³-hybridized carbons (Fsp3) is 0.100. The summed E-state index contributed by atoms with van der Waals surface area (Å²) in [7, 11) is 0. The Hall–Kier alpha value is -2.98. The van der Waals surface area contributed by atoms with Crippen molar-refractivity contribution >= 4 is 17.6 Å². The minimum atomic E-state index is -4.52. The molecule has 0 aliphatic rings. The predicted molar refractivity (Wildman–Crippen MR) is 60.2 cm³/mol. The molecule has 0 radical (unpaired) electrons. The number of fused-ring (bicyclic) bond motifs is 1. The number of rotatable bonds is 2. The molecule has 112 valence electrons. The van der Waals surface area contributed by atoms with E-state index >= 15 is 0 Å². The lowest BCUT2D eigenvalue weighted by Crippen LogP contribution is -2.11. The van der Waals surface area contributed by atoms with E-state index in [1.54, 1.807) is 0 Å². The van der Waals surface area contributed by atoms with Gasteiger partial charge in [0.2, 0.25) is 0 Å². The van der Waals surface area contributed by atoms with Crippen LogP contribution in [0.15, 0.2) is 30.5 Å². The second kappa shape index (κ2) is 6.45. The summed E-state index contributed by atoms with van der Waals surface area (Å²) in [4.78, 5) is 19.1. The molecule has 21 heavy (non-hydrogen) atoms. The highest BCUT2D eigenvalue weighted by Crippen LogP contribution is 2.26. The quantitative estimate of drug-likeness (QED) is 0.790. The van der Waals surface area contributed by atoms with Gasteiger partial charge in [-0.3, -0.25) is 0 Å². The molecule has 0 aliphatic heterocycles. The first kappa shape index (κ1) is 16.1. The minimum absolute atomic E-state index is 0.0785. The minimum Gasteiger partial charge on any atom is -0.478 e. The second-order valence-electron chi connectivity index (χ2n) is 3.32. The molecule has 0 aliphatic carbocycles. The Kier molecular flexibility index (Phi) is 4.94. The van der Waals surface area contributed by atoms with Gasteiger partial charge in [-0.15, -0.1) is 10.2 Å². The number of hydrogen-bond donors (Lipinski definition) is 2. The van der Waals surface area contributed by atoms with Gasteiger partial charge in [0.25, 0.3) is 5.82 Å². The highest BCUT2D eigenvalue weighted by Gasteiger charge is 2.37. The third-order valence-corrected chi connectivity index (χ3v) is 1.80. The van der Waals surface area contributed by atoms with Crippen LogP contribution in [-0.4, -0.2) is 42.0 Å². The zero-order valence-electron chi connectivity index (χ0n) is 10.0. The zero-order chi connectivity index (χ0) is 16.0. The molecular formula is C10H7F3N4O4. The summed E-state index contributed by atoms with van der Waals surface area (Å²) in [5, 5.41) is 25.4. The van der Waals surface area contributed by atoms with Crippen molar-refractivity contribution in [3.63, 3.8) is 0 Å². The molecule has 2 heterocycles. The number of carbonyl (C=O) groups is 2. The molecular weight excluding hydrogens is 297 g/mol. The maximum Gasteiger partial charge on any atom is 0.453 e. The molecule has 0 amide bonds. The molecule has 11 heteroatoms. The van der Waals surface area contributed by atoms with Gasteiger partial charge in [-0.2, -0.15) is 22.8 Å². The van der Waals surface area contributed by atoms with Crippen molar-refractivity contribution in [3.8, 4) is 0 Å². The van der Waals surface area contributed by atoms with Crippen LogP contribution in [0.4, 0.5) is 13.2 Å². The Bertz CT molecular complexity index is 664. The second-order valence-corrected chi connectivity index (χ2v) is 3.32. The van der Waals surface area contributed by atoms with Crippen LogP contribution < -0.4 is 0 Å². The average Bonchev–Trinajstić information content (AvgIpc) is 2.80. The van der Waals surface area contributed by atoms with Crippen LogP contribution in [0.1, 0.15) is 5.82 Å². The first-order chi connectivity index (χ1) is 9.71. The molecule has 0 aromatic carbocycles. The van der Waals surface area contributed by atoms with Gasteiger partial charge in [0, 0.05) is 18.3 Å². The number of alkyl halides is 3. The molecule has 0 spiro atoms. The average molecular weight is 304 g/mol. The number of carboxylic acid groups (broad SMARTS) is 2. The fourth-order valence-electron chi connectivity index (χ4n) is 1.06. The number of nitrogens with zero attached hydrogens (tertiary/aromatic N) is 4. The van der Waals surface area contributed by atoms with E-state index in [0.29, 0.717) is 16.7 Å². The van der Waals surface area contributed by atoms with Crippen molar-refractivity contribution in [2.24, 2.45) is 0 Å². The number of aromatic nitrogens is 4. The Morgan fingerprint density at radius 2 is 1.71 bits per heavy atom. The summed E-state index contributed by atoms with van der Waals surface area (Å²) < 4.78 is 37.2. The van der Waals surface area contributed by atoms with Crippen molar-refractivity contribution in [1.82, 2.24) is 19.8 Å². The number of aliphatic carboxylic acids is 2. The topological polar surface area (TPSA) is 118 Å². The van der Waals surface area contributed by atoms with Gasteiger partial charge in [-0.1, -0.05) is 0 Å². The van der Waals surface area contributed by atoms with Crippen molar-refractivity contribution in [1.29, 1.82) is 0 Å². The first-order valence-corrected chi connectivity index (χ1v) is 5.09. The third-order valence-electron chi connectivity index (χ3n) is 1.80. The smallest absolute Gasteiger partial charge is 0.453 e. The van der Waals surface area contributed by atoms with Crippen LogP contribution in [0.2, 0.25) is 0 Å². The molecule has 0 fully saturated rings. The standard InChI is InChI=1S/C6H3F3N4.C4H4O4/c7-6(8,9)5-12-11-4-2-1-3-10-13(4)5;5-3(6)1-2-4(7)8/h1-3H;1-2H,(H,5,6)(H,7,8)/b;2-1+. The summed E-state index contributed by atoms with van der Waals surface area (Å²) in [5.74, 6) is -3.62. The SMILES string of the molecule is FC(F)(F)c1nnc2cccnn12.O=C(O)/C=C/C(=O)O. The lowest BCUT2D eigenvalue weighted by molar-refractivity contribution is -0.146. The Labute approximate surface area is 114 Å². The van der Waals surface area contributed by atoms with Crippen LogP contribution in [0.3, 0.4) is 0 Å². The highest BCUT2D eigenvalue weighted by atomic mass is 19.4. The largest absolute Gasteiger partial charge is 0.478 e.